The highest BCUT2D eigenvalue weighted by Gasteiger charge is 2.20. The monoisotopic (exact) mass is 224 g/mol. The van der Waals surface area contributed by atoms with Crippen LogP contribution in [0.15, 0.2) is 4.99 Å². The molecule has 16 heavy (non-hydrogen) atoms. The van der Waals surface area contributed by atoms with Gasteiger partial charge in [0.05, 0.1) is 6.54 Å². The van der Waals surface area contributed by atoms with Gasteiger partial charge in [0.2, 0.25) is 0 Å². The Morgan fingerprint density at radius 3 is 2.75 bits per heavy atom. The second-order valence-electron chi connectivity index (χ2n) is 4.77. The summed E-state index contributed by atoms with van der Waals surface area (Å²) < 4.78 is 0. The molecular weight excluding hydrogens is 200 g/mol. The van der Waals surface area contributed by atoms with Gasteiger partial charge < -0.3 is 15.5 Å². The molecule has 0 atom stereocenters. The lowest BCUT2D eigenvalue weighted by Gasteiger charge is -2.31. The Hall–Kier alpha value is -0.770. The molecule has 0 aromatic heterocycles. The van der Waals surface area contributed by atoms with Gasteiger partial charge in [0.1, 0.15) is 0 Å². The van der Waals surface area contributed by atoms with E-state index >= 15 is 0 Å². The van der Waals surface area contributed by atoms with Gasteiger partial charge in [-0.1, -0.05) is 6.92 Å². The van der Waals surface area contributed by atoms with Crippen molar-refractivity contribution < 1.29 is 0 Å². The fourth-order valence-electron chi connectivity index (χ4n) is 2.53. The molecule has 0 amide bonds. The van der Waals surface area contributed by atoms with Crippen LogP contribution < -0.4 is 10.6 Å². The highest BCUT2D eigenvalue weighted by molar-refractivity contribution is 5.81. The van der Waals surface area contributed by atoms with Gasteiger partial charge in [-0.3, -0.25) is 4.99 Å². The SMILES string of the molecule is CCCN(CC1CCNCC1)C1=NCCN1. The van der Waals surface area contributed by atoms with Crippen molar-refractivity contribution in [2.45, 2.75) is 26.2 Å². The van der Waals surface area contributed by atoms with Crippen LogP contribution >= 0.6 is 0 Å². The lowest BCUT2D eigenvalue weighted by Crippen LogP contribution is -2.43. The van der Waals surface area contributed by atoms with Crippen LogP contribution in [0.5, 0.6) is 0 Å². The zero-order valence-corrected chi connectivity index (χ0v) is 10.3. The molecule has 1 fully saturated rings. The fraction of sp³-hybridized carbons (Fsp3) is 0.917. The molecule has 2 aliphatic rings. The summed E-state index contributed by atoms with van der Waals surface area (Å²) in [5, 5.41) is 6.82. The maximum atomic E-state index is 4.54. The molecule has 2 heterocycles. The third-order valence-electron chi connectivity index (χ3n) is 3.39. The van der Waals surface area contributed by atoms with Crippen LogP contribution in [-0.2, 0) is 0 Å². The van der Waals surface area contributed by atoms with Gasteiger partial charge in [0.15, 0.2) is 5.96 Å². The summed E-state index contributed by atoms with van der Waals surface area (Å²) in [6, 6.07) is 0. The van der Waals surface area contributed by atoms with Gasteiger partial charge in [-0.2, -0.15) is 0 Å². The Bertz CT molecular complexity index is 233. The van der Waals surface area contributed by atoms with Crippen LogP contribution in [0.4, 0.5) is 0 Å². The Labute approximate surface area is 98.5 Å². The molecule has 92 valence electrons. The third kappa shape index (κ3) is 3.11. The smallest absolute Gasteiger partial charge is 0.194 e. The number of aliphatic imine (C=N–C) groups is 1. The number of rotatable bonds is 4. The number of nitrogens with zero attached hydrogens (tertiary/aromatic N) is 2. The minimum atomic E-state index is 0.845. The summed E-state index contributed by atoms with van der Waals surface area (Å²) in [7, 11) is 0. The molecule has 0 spiro atoms. The average molecular weight is 224 g/mol. The van der Waals surface area contributed by atoms with E-state index in [1.54, 1.807) is 0 Å². The zero-order valence-electron chi connectivity index (χ0n) is 10.3. The minimum absolute atomic E-state index is 0.845. The zero-order chi connectivity index (χ0) is 11.2. The first-order valence-corrected chi connectivity index (χ1v) is 6.64. The molecule has 0 unspecified atom stereocenters. The summed E-state index contributed by atoms with van der Waals surface area (Å²) in [5.41, 5.74) is 0. The normalized spacial score (nSPS) is 21.7. The van der Waals surface area contributed by atoms with Crippen molar-refractivity contribution in [1.82, 2.24) is 15.5 Å². The van der Waals surface area contributed by atoms with Crippen molar-refractivity contribution in [2.24, 2.45) is 10.9 Å². The van der Waals surface area contributed by atoms with E-state index in [0.29, 0.717) is 0 Å². The summed E-state index contributed by atoms with van der Waals surface area (Å²) in [6.45, 7) is 8.89. The quantitative estimate of drug-likeness (QED) is 0.737. The predicted molar refractivity (Wildman–Crippen MR) is 67.8 cm³/mol. The van der Waals surface area contributed by atoms with E-state index in [4.69, 9.17) is 0 Å². The van der Waals surface area contributed by atoms with Crippen LogP contribution in [0.2, 0.25) is 0 Å². The van der Waals surface area contributed by atoms with E-state index < -0.39 is 0 Å². The van der Waals surface area contributed by atoms with Crippen LogP contribution in [-0.4, -0.2) is 50.1 Å². The standard InChI is InChI=1S/C12H24N4/c1-2-9-16(12-14-7-8-15-12)10-11-3-5-13-6-4-11/h11,13H,2-10H2,1H3,(H,14,15). The van der Waals surface area contributed by atoms with Gasteiger partial charge in [0, 0.05) is 19.6 Å². The molecule has 0 radical (unpaired) electrons. The number of nitrogens with one attached hydrogen (secondary N) is 2. The molecule has 0 bridgehead atoms. The molecule has 1 saturated heterocycles. The molecule has 0 aromatic rings. The van der Waals surface area contributed by atoms with E-state index in [-0.39, 0.29) is 0 Å². The summed E-state index contributed by atoms with van der Waals surface area (Å²) in [6.07, 6.45) is 3.83. The van der Waals surface area contributed by atoms with Crippen molar-refractivity contribution in [3.05, 3.63) is 0 Å². The number of hydrogen-bond acceptors (Lipinski definition) is 4. The van der Waals surface area contributed by atoms with Gasteiger partial charge in [-0.05, 0) is 38.3 Å². The fourth-order valence-corrected chi connectivity index (χ4v) is 2.53. The molecule has 4 nitrogen and oxygen atoms in total. The van der Waals surface area contributed by atoms with E-state index in [0.717, 1.165) is 31.5 Å². The number of guanidine groups is 1. The van der Waals surface area contributed by atoms with E-state index in [2.05, 4.69) is 27.4 Å². The van der Waals surface area contributed by atoms with Crippen LogP contribution in [0, 0.1) is 5.92 Å². The Balaban J connectivity index is 1.85. The average Bonchev–Trinajstić information content (AvgIpc) is 2.83. The number of hydrogen-bond donors (Lipinski definition) is 2. The van der Waals surface area contributed by atoms with Crippen molar-refractivity contribution in [1.29, 1.82) is 0 Å². The first-order chi connectivity index (χ1) is 7.90. The summed E-state index contributed by atoms with van der Waals surface area (Å²) >= 11 is 0. The highest BCUT2D eigenvalue weighted by Crippen LogP contribution is 2.14. The molecule has 4 heteroatoms. The number of piperidine rings is 1. The third-order valence-corrected chi connectivity index (χ3v) is 3.39. The second-order valence-corrected chi connectivity index (χ2v) is 4.77. The van der Waals surface area contributed by atoms with Gasteiger partial charge in [-0.25, -0.2) is 0 Å². The van der Waals surface area contributed by atoms with Gasteiger partial charge in [-0.15, -0.1) is 0 Å². The Kier molecular flexibility index (Phi) is 4.45. The van der Waals surface area contributed by atoms with E-state index in [9.17, 15) is 0 Å². The lowest BCUT2D eigenvalue weighted by molar-refractivity contribution is 0.279. The molecule has 0 aromatic carbocycles. The molecule has 2 aliphatic heterocycles. The largest absolute Gasteiger partial charge is 0.354 e. The maximum Gasteiger partial charge on any atom is 0.194 e. The van der Waals surface area contributed by atoms with Gasteiger partial charge >= 0.3 is 0 Å². The van der Waals surface area contributed by atoms with Crippen LogP contribution in [0.3, 0.4) is 0 Å². The molecular formula is C12H24N4. The Morgan fingerprint density at radius 2 is 2.12 bits per heavy atom. The Morgan fingerprint density at radius 1 is 1.31 bits per heavy atom. The first kappa shape index (κ1) is 11.7. The molecule has 2 N–H and O–H groups in total. The maximum absolute atomic E-state index is 4.54. The first-order valence-electron chi connectivity index (χ1n) is 6.64. The van der Waals surface area contributed by atoms with E-state index in [1.807, 2.05) is 0 Å². The minimum Gasteiger partial charge on any atom is -0.354 e. The second kappa shape index (κ2) is 6.09. The lowest BCUT2D eigenvalue weighted by atomic mass is 9.97. The topological polar surface area (TPSA) is 39.7 Å². The highest BCUT2D eigenvalue weighted by atomic mass is 15.3. The van der Waals surface area contributed by atoms with Crippen LogP contribution in [0.1, 0.15) is 26.2 Å². The molecule has 0 aliphatic carbocycles. The summed E-state index contributed by atoms with van der Waals surface area (Å²) in [5.74, 6) is 1.98. The van der Waals surface area contributed by atoms with Crippen molar-refractivity contribution in [3.63, 3.8) is 0 Å². The van der Waals surface area contributed by atoms with Crippen molar-refractivity contribution >= 4 is 5.96 Å². The van der Waals surface area contributed by atoms with Crippen LogP contribution in [0.25, 0.3) is 0 Å². The van der Waals surface area contributed by atoms with Crippen molar-refractivity contribution in [3.8, 4) is 0 Å². The predicted octanol–water partition coefficient (Wildman–Crippen LogP) is 0.657. The molecule has 2 rings (SSSR count). The van der Waals surface area contributed by atoms with E-state index in [1.165, 1.54) is 38.9 Å². The van der Waals surface area contributed by atoms with Crippen molar-refractivity contribution in [2.75, 3.05) is 39.3 Å². The molecule has 0 saturated carbocycles. The summed E-state index contributed by atoms with van der Waals surface area (Å²) in [4.78, 5) is 6.98. The van der Waals surface area contributed by atoms with Gasteiger partial charge in [0.25, 0.3) is 0 Å².